The van der Waals surface area contributed by atoms with Crippen LogP contribution in [0.3, 0.4) is 0 Å². The molecule has 0 aromatic heterocycles. The largest absolute Gasteiger partial charge is 0.508 e. The molecular weight excluding hydrogens is 462 g/mol. The Hall–Kier alpha value is -2.95. The van der Waals surface area contributed by atoms with E-state index in [0.29, 0.717) is 12.0 Å². The van der Waals surface area contributed by atoms with Crippen LogP contribution in [-0.4, -0.2) is 71.0 Å². The number of amides is 3. The van der Waals surface area contributed by atoms with Crippen molar-refractivity contribution in [3.63, 3.8) is 0 Å². The van der Waals surface area contributed by atoms with Crippen LogP contribution in [-0.2, 0) is 23.9 Å². The molecule has 11 heteroatoms. The number of aromatic hydroxyl groups is 1. The molecule has 3 N–H and O–H groups in total. The van der Waals surface area contributed by atoms with Crippen LogP contribution >= 0.6 is 12.6 Å². The second kappa shape index (κ2) is 11.5. The number of carbonyl (C=O) groups excluding carboxylic acids is 4. The predicted octanol–water partition coefficient (Wildman–Crippen LogP) is 1.78. The Kier molecular flexibility index (Phi) is 9.20. The summed E-state index contributed by atoms with van der Waals surface area (Å²) in [5.41, 5.74) is -0.415. The summed E-state index contributed by atoms with van der Waals surface area (Å²) in [7, 11) is 1.20. The first-order valence-electron chi connectivity index (χ1n) is 10.9. The van der Waals surface area contributed by atoms with Crippen molar-refractivity contribution in [1.29, 1.82) is 0 Å². The fraction of sp³-hybridized carbons (Fsp3) is 0.565. The van der Waals surface area contributed by atoms with E-state index in [1.165, 1.54) is 24.1 Å². The topological polar surface area (TPSA) is 134 Å². The number of thiol groups is 1. The van der Waals surface area contributed by atoms with E-state index < -0.39 is 41.6 Å². The molecule has 34 heavy (non-hydrogen) atoms. The monoisotopic (exact) mass is 495 g/mol. The molecule has 188 valence electrons. The van der Waals surface area contributed by atoms with E-state index in [9.17, 15) is 24.3 Å². The highest BCUT2D eigenvalue weighted by atomic mass is 32.1. The van der Waals surface area contributed by atoms with Crippen LogP contribution in [0, 0.1) is 5.92 Å². The normalized spacial score (nSPS) is 18.8. The van der Waals surface area contributed by atoms with Crippen molar-refractivity contribution in [3.8, 4) is 5.75 Å². The molecule has 0 spiro atoms. The van der Waals surface area contributed by atoms with E-state index >= 15 is 0 Å². The fourth-order valence-corrected chi connectivity index (χ4v) is 3.70. The van der Waals surface area contributed by atoms with Gasteiger partial charge in [0.15, 0.2) is 0 Å². The first kappa shape index (κ1) is 27.3. The fourth-order valence-electron chi connectivity index (χ4n) is 3.45. The lowest BCUT2D eigenvalue weighted by Gasteiger charge is -2.34. The minimum atomic E-state index is -1.16. The zero-order valence-electron chi connectivity index (χ0n) is 20.0. The molecule has 4 unspecified atom stereocenters. The first-order valence-corrected chi connectivity index (χ1v) is 11.6. The quantitative estimate of drug-likeness (QED) is 0.303. The van der Waals surface area contributed by atoms with Crippen molar-refractivity contribution in [2.75, 3.05) is 19.4 Å². The molecule has 10 nitrogen and oxygen atoms in total. The number of rotatable bonds is 9. The first-order chi connectivity index (χ1) is 15.9. The van der Waals surface area contributed by atoms with Crippen LogP contribution in [0.25, 0.3) is 0 Å². The molecule has 0 radical (unpaired) electrons. The smallest absolute Gasteiger partial charge is 0.408 e. The van der Waals surface area contributed by atoms with Gasteiger partial charge < -0.3 is 30.1 Å². The molecule has 1 saturated carbocycles. The van der Waals surface area contributed by atoms with Gasteiger partial charge in [-0.3, -0.25) is 14.4 Å². The van der Waals surface area contributed by atoms with Crippen molar-refractivity contribution < 1.29 is 33.8 Å². The lowest BCUT2D eigenvalue weighted by atomic mass is 10.0. The van der Waals surface area contributed by atoms with Gasteiger partial charge >= 0.3 is 12.1 Å². The van der Waals surface area contributed by atoms with Crippen molar-refractivity contribution in [2.24, 2.45) is 5.92 Å². The molecule has 3 amide bonds. The minimum absolute atomic E-state index is 0.0355. The van der Waals surface area contributed by atoms with Crippen LogP contribution in [0.2, 0.25) is 0 Å². The molecule has 0 bridgehead atoms. The van der Waals surface area contributed by atoms with Crippen molar-refractivity contribution >= 4 is 36.5 Å². The summed E-state index contributed by atoms with van der Waals surface area (Å²) in [6.07, 6.45) is -0.135. The van der Waals surface area contributed by atoms with Crippen molar-refractivity contribution in [1.82, 2.24) is 15.5 Å². The molecule has 1 fully saturated rings. The second-order valence-corrected chi connectivity index (χ2v) is 9.56. The van der Waals surface area contributed by atoms with Crippen LogP contribution in [0.1, 0.15) is 45.7 Å². The van der Waals surface area contributed by atoms with Crippen molar-refractivity contribution in [2.45, 2.75) is 57.8 Å². The van der Waals surface area contributed by atoms with Gasteiger partial charge in [0, 0.05) is 11.8 Å². The Balaban J connectivity index is 2.40. The highest BCUT2D eigenvalue weighted by molar-refractivity contribution is 7.80. The number of carbonyl (C=O) groups is 4. The van der Waals surface area contributed by atoms with Crippen molar-refractivity contribution in [3.05, 3.63) is 29.8 Å². The van der Waals surface area contributed by atoms with E-state index in [1.54, 1.807) is 32.9 Å². The number of ether oxygens (including phenoxy) is 2. The lowest BCUT2D eigenvalue weighted by Crippen LogP contribution is -2.55. The summed E-state index contributed by atoms with van der Waals surface area (Å²) in [5.74, 6) is -1.82. The van der Waals surface area contributed by atoms with Gasteiger partial charge in [-0.1, -0.05) is 19.1 Å². The van der Waals surface area contributed by atoms with Crippen LogP contribution in [0.15, 0.2) is 24.3 Å². The maximum absolute atomic E-state index is 13.7. The average molecular weight is 496 g/mol. The number of phenols is 1. The van der Waals surface area contributed by atoms with Gasteiger partial charge in [-0.05, 0) is 50.8 Å². The number of hydrogen-bond acceptors (Lipinski definition) is 8. The zero-order valence-corrected chi connectivity index (χ0v) is 20.9. The molecule has 2 rings (SSSR count). The van der Waals surface area contributed by atoms with Gasteiger partial charge in [0.05, 0.1) is 7.11 Å². The maximum Gasteiger partial charge on any atom is 0.408 e. The molecule has 1 aliphatic rings. The summed E-state index contributed by atoms with van der Waals surface area (Å²) in [5, 5.41) is 15.0. The lowest BCUT2D eigenvalue weighted by molar-refractivity contribution is -0.145. The molecule has 0 aliphatic heterocycles. The standard InChI is InChI=1S/C23H33N3O7S/c1-13-9-17(13)26(21(30)16(12-34)25-22(31)33-23(2,3)4)19(14-7-6-8-15(27)10-14)20(29)24-11-18(28)32-5/h6-8,10,13,16-17,19,27,34H,9,11-12H2,1-5H3,(H,24,29)(H,25,31). The molecular formula is C23H33N3O7S. The highest BCUT2D eigenvalue weighted by Gasteiger charge is 2.48. The predicted molar refractivity (Wildman–Crippen MR) is 127 cm³/mol. The van der Waals surface area contributed by atoms with Crippen LogP contribution in [0.5, 0.6) is 5.75 Å². The molecule has 0 saturated heterocycles. The summed E-state index contributed by atoms with van der Waals surface area (Å²) in [4.78, 5) is 52.2. The van der Waals surface area contributed by atoms with E-state index in [4.69, 9.17) is 4.74 Å². The Morgan fingerprint density at radius 1 is 1.26 bits per heavy atom. The van der Waals surface area contributed by atoms with Gasteiger partial charge in [-0.15, -0.1) is 0 Å². The van der Waals surface area contributed by atoms with Crippen LogP contribution < -0.4 is 10.6 Å². The van der Waals surface area contributed by atoms with E-state index in [-0.39, 0.29) is 30.0 Å². The van der Waals surface area contributed by atoms with Gasteiger partial charge in [-0.25, -0.2) is 4.79 Å². The van der Waals surface area contributed by atoms with E-state index in [1.807, 2.05) is 6.92 Å². The maximum atomic E-state index is 13.7. The van der Waals surface area contributed by atoms with Gasteiger partial charge in [0.2, 0.25) is 11.8 Å². The van der Waals surface area contributed by atoms with Crippen LogP contribution in [0.4, 0.5) is 4.79 Å². The van der Waals surface area contributed by atoms with Gasteiger partial charge in [0.25, 0.3) is 0 Å². The summed E-state index contributed by atoms with van der Waals surface area (Å²) in [6.45, 7) is 6.65. The molecule has 1 aromatic carbocycles. The number of methoxy groups -OCH3 is 1. The van der Waals surface area contributed by atoms with Gasteiger partial charge in [-0.2, -0.15) is 12.6 Å². The summed E-state index contributed by atoms with van der Waals surface area (Å²) >= 11 is 4.23. The molecule has 4 atom stereocenters. The Bertz CT molecular complexity index is 918. The number of nitrogens with one attached hydrogen (secondary N) is 2. The third-order valence-corrected chi connectivity index (χ3v) is 5.56. The number of hydrogen-bond donors (Lipinski definition) is 4. The Morgan fingerprint density at radius 3 is 2.41 bits per heavy atom. The van der Waals surface area contributed by atoms with Gasteiger partial charge in [0.1, 0.15) is 30.0 Å². The van der Waals surface area contributed by atoms with E-state index in [0.717, 1.165) is 0 Å². The average Bonchev–Trinajstić information content (AvgIpc) is 3.47. The Morgan fingerprint density at radius 2 is 1.91 bits per heavy atom. The number of esters is 1. The third kappa shape index (κ3) is 7.54. The number of benzene rings is 1. The molecule has 1 aromatic rings. The third-order valence-electron chi connectivity index (χ3n) is 5.20. The second-order valence-electron chi connectivity index (χ2n) is 9.20. The van der Waals surface area contributed by atoms with E-state index in [2.05, 4.69) is 28.0 Å². The highest BCUT2D eigenvalue weighted by Crippen LogP contribution is 2.41. The SMILES string of the molecule is COC(=O)CNC(=O)C(c1cccc(O)c1)N(C(=O)C(CS)NC(=O)OC(C)(C)C)C1CC1C. The molecule has 0 heterocycles. The summed E-state index contributed by atoms with van der Waals surface area (Å²) < 4.78 is 9.85. The number of alkyl carbamates (subject to hydrolysis) is 1. The Labute approximate surface area is 204 Å². The molecule has 1 aliphatic carbocycles. The summed E-state index contributed by atoms with van der Waals surface area (Å²) in [6, 6.07) is 3.46. The minimum Gasteiger partial charge on any atom is -0.508 e. The number of nitrogens with zero attached hydrogens (tertiary/aromatic N) is 1. The number of phenolic OH excluding ortho intramolecular Hbond substituents is 1. The zero-order chi connectivity index (χ0) is 25.6.